The number of halogens is 11. The van der Waals surface area contributed by atoms with Crippen LogP contribution in [0.15, 0.2) is 346 Å². The second kappa shape index (κ2) is 57.4. The van der Waals surface area contributed by atoms with Gasteiger partial charge in [-0.1, -0.05) is 350 Å². The highest BCUT2D eigenvalue weighted by Gasteiger charge is 2.09. The van der Waals surface area contributed by atoms with Gasteiger partial charge in [0, 0.05) is 27.8 Å². The maximum absolute atomic E-state index is 13.4. The summed E-state index contributed by atoms with van der Waals surface area (Å²) in [5.74, 6) is -2.36. The average molecular weight is 1890 g/mol. The molecule has 0 radical (unpaired) electrons. The highest BCUT2D eigenvalue weighted by molar-refractivity contribution is 5.77. The van der Waals surface area contributed by atoms with Crippen molar-refractivity contribution in [3.05, 3.63) is 560 Å². The van der Waals surface area contributed by atoms with E-state index >= 15 is 0 Å². The van der Waals surface area contributed by atoms with Gasteiger partial charge in [-0.15, -0.1) is 0 Å². The SMILES string of the molecule is COc1ccccc1/C=C/c1ccccc1F.Cc1ccc(/C=C/c2ccc(C)c(F)c2)cc1.Cc1ccc(/C=C/c2cccc(F)c2)cc1F.Cc1ccc(CO)c(/C=C/c2ccc(F)cc2)c1.Cc1ccc(F)c(/C=C/c2ccccc2F)c1.Cc1cccc(/C=C/c2ccc(F)cc2)c1CO.Cc1cccc(/C=C/c2cccc(F)c2)c1CO.OCc1ccc(/C=C/c2cc(F)ccc2F)cc1. The first-order valence-corrected chi connectivity index (χ1v) is 44.7. The molecule has 0 atom stereocenters. The van der Waals surface area contributed by atoms with Gasteiger partial charge in [0.05, 0.1) is 33.5 Å². The van der Waals surface area contributed by atoms with E-state index in [2.05, 4.69) is 31.2 Å². The number of benzene rings is 16. The molecule has 0 heterocycles. The lowest BCUT2D eigenvalue weighted by atomic mass is 10.0. The van der Waals surface area contributed by atoms with Crippen LogP contribution in [0, 0.1) is 112 Å². The Labute approximate surface area is 813 Å². The Hall–Kier alpha value is -15.7. The molecule has 140 heavy (non-hydrogen) atoms. The first-order chi connectivity index (χ1) is 67.5. The fourth-order valence-corrected chi connectivity index (χ4v) is 13.4. The van der Waals surface area contributed by atoms with Crippen molar-refractivity contribution >= 4 is 97.2 Å². The Morgan fingerprint density at radius 3 is 0.957 bits per heavy atom. The summed E-state index contributed by atoms with van der Waals surface area (Å²) in [5.41, 5.74) is 22.9. The van der Waals surface area contributed by atoms with Crippen LogP contribution in [-0.4, -0.2) is 27.5 Å². The van der Waals surface area contributed by atoms with Crippen molar-refractivity contribution in [3.63, 3.8) is 0 Å². The van der Waals surface area contributed by atoms with Crippen molar-refractivity contribution in [3.8, 4) is 5.75 Å². The van der Waals surface area contributed by atoms with E-state index in [1.54, 1.807) is 185 Å². The Morgan fingerprint density at radius 2 is 0.514 bits per heavy atom. The lowest BCUT2D eigenvalue weighted by molar-refractivity contribution is 0.280. The molecule has 16 rings (SSSR count). The van der Waals surface area contributed by atoms with Crippen LogP contribution in [0.2, 0.25) is 0 Å². The van der Waals surface area contributed by atoms with E-state index in [-0.39, 0.29) is 84.3 Å². The summed E-state index contributed by atoms with van der Waals surface area (Å²) >= 11 is 0. The number of methoxy groups -OCH3 is 1. The third kappa shape index (κ3) is 37.1. The molecule has 16 heteroatoms. The minimum absolute atomic E-state index is 0.00942. The van der Waals surface area contributed by atoms with Gasteiger partial charge in [-0.05, 0) is 263 Å². The zero-order valence-corrected chi connectivity index (χ0v) is 78.8. The van der Waals surface area contributed by atoms with Gasteiger partial charge in [-0.25, -0.2) is 48.3 Å². The lowest BCUT2D eigenvalue weighted by Gasteiger charge is -2.06. The quantitative estimate of drug-likeness (QED) is 0.0425. The minimum Gasteiger partial charge on any atom is -0.496 e. The Bertz CT molecular complexity index is 6860. The maximum atomic E-state index is 13.4. The zero-order chi connectivity index (χ0) is 101. The van der Waals surface area contributed by atoms with Crippen LogP contribution in [0.1, 0.15) is 150 Å². The van der Waals surface area contributed by atoms with Crippen molar-refractivity contribution in [2.75, 3.05) is 7.11 Å². The molecule has 0 aromatic heterocycles. The molecule has 0 bridgehead atoms. The Balaban J connectivity index is 0.000000179. The second-order valence-corrected chi connectivity index (χ2v) is 32.1. The highest BCUT2D eigenvalue weighted by atomic mass is 19.2. The summed E-state index contributed by atoms with van der Waals surface area (Å²) in [6, 6.07) is 97.5. The molecule has 5 nitrogen and oxygen atoms in total. The molecule has 0 aliphatic heterocycles. The second-order valence-electron chi connectivity index (χ2n) is 32.1. The maximum Gasteiger partial charge on any atom is 0.130 e. The van der Waals surface area contributed by atoms with Crippen LogP contribution in [-0.2, 0) is 26.4 Å². The van der Waals surface area contributed by atoms with Crippen molar-refractivity contribution in [1.29, 1.82) is 0 Å². The van der Waals surface area contributed by atoms with Crippen molar-refractivity contribution in [2.24, 2.45) is 0 Å². The number of hydrogen-bond donors (Lipinski definition) is 4. The molecule has 0 saturated carbocycles. The molecular weight excluding hydrogens is 1780 g/mol. The minimum atomic E-state index is -0.466. The average Bonchev–Trinajstić information content (AvgIpc) is 0.847. The number of para-hydroxylation sites is 1. The zero-order valence-electron chi connectivity index (χ0n) is 78.8. The largest absolute Gasteiger partial charge is 0.496 e. The first-order valence-electron chi connectivity index (χ1n) is 44.7. The van der Waals surface area contributed by atoms with Gasteiger partial charge in [-0.2, -0.15) is 0 Å². The number of hydrogen-bond acceptors (Lipinski definition) is 5. The summed E-state index contributed by atoms with van der Waals surface area (Å²) in [5, 5.41) is 36.8. The topological polar surface area (TPSA) is 90.2 Å². The van der Waals surface area contributed by atoms with E-state index in [0.717, 1.165) is 135 Å². The summed E-state index contributed by atoms with van der Waals surface area (Å²) in [7, 11) is 1.62. The molecule has 0 fully saturated rings. The molecule has 0 unspecified atom stereocenters. The summed E-state index contributed by atoms with van der Waals surface area (Å²) in [4.78, 5) is 0. The standard InChI is InChI=1S/3C16H15FO.C16H15F.C15H12F2O.2C15H12F2.C15H13FO/c1-12-2-6-15(11-18)14(10-12)7-3-13-4-8-16(17)9-5-13;1-12-4-2-6-14(16(12)11-18)9-8-13-5-3-7-15(17)10-13;1-12-3-2-4-14(16(12)11-18)8-5-13-6-9-15(17)10-7-13;1-12-3-6-14(7-4-12)9-10-15-8-5-13(2)16(17)11-15;16-14-7-8-15(17)13(9-14)6-5-11-1-3-12(10-18)4-2-11;1-11-5-6-13(10-15(11)17)8-7-12-3-2-4-14(16)9-12;1-11-6-9-15(17)13(10-11)8-7-12-4-2-3-5-14(12)16;1-17-15-9-5-3-7-13(15)11-10-12-6-2-4-8-14(12)16/h3*2-10,18H,11H2,1H3;3-11H,1-2H3;1-9,18H,10H2;2*2-10H,1H3;2-11H,1H3/b7-3+;9-8+;8-5+;10-9+;6-5+;2*8-7+;11-10+. The summed E-state index contributed by atoms with van der Waals surface area (Å²) < 4.78 is 150. The fraction of sp³-hybridized carbons (Fsp3) is 0.0968. The van der Waals surface area contributed by atoms with Crippen LogP contribution in [0.25, 0.3) is 97.2 Å². The molecule has 16 aromatic carbocycles. The van der Waals surface area contributed by atoms with Crippen molar-refractivity contribution in [2.45, 2.75) is 74.9 Å². The van der Waals surface area contributed by atoms with E-state index < -0.39 is 11.6 Å². The molecule has 0 aliphatic rings. The monoisotopic (exact) mass is 1890 g/mol. The number of aliphatic hydroxyl groups is 4. The fourth-order valence-electron chi connectivity index (χ4n) is 13.4. The summed E-state index contributed by atoms with van der Waals surface area (Å²) in [6.07, 6.45) is 28.8. The van der Waals surface area contributed by atoms with Crippen molar-refractivity contribution < 1.29 is 73.5 Å². The van der Waals surface area contributed by atoms with Gasteiger partial charge in [0.15, 0.2) is 0 Å². The third-order valence-corrected chi connectivity index (χ3v) is 21.5. The van der Waals surface area contributed by atoms with E-state index in [0.29, 0.717) is 27.8 Å². The normalized spacial score (nSPS) is 11.0. The number of rotatable bonds is 21. The third-order valence-electron chi connectivity index (χ3n) is 21.5. The van der Waals surface area contributed by atoms with E-state index in [1.165, 1.54) is 84.4 Å². The molecule has 16 aromatic rings. The Kier molecular flexibility index (Phi) is 44.2. The molecule has 0 spiro atoms. The lowest BCUT2D eigenvalue weighted by Crippen LogP contribution is -1.92. The molecule has 0 saturated heterocycles. The van der Waals surface area contributed by atoms with Crippen LogP contribution < -0.4 is 4.74 Å². The van der Waals surface area contributed by atoms with E-state index in [4.69, 9.17) is 9.84 Å². The van der Waals surface area contributed by atoms with Gasteiger partial charge >= 0.3 is 0 Å². The highest BCUT2D eigenvalue weighted by Crippen LogP contribution is 2.27. The predicted molar refractivity (Wildman–Crippen MR) is 557 cm³/mol. The van der Waals surface area contributed by atoms with Crippen LogP contribution in [0.3, 0.4) is 0 Å². The number of aliphatic hydroxyl groups excluding tert-OH is 4. The number of aryl methyl sites for hydroxylation is 7. The van der Waals surface area contributed by atoms with Crippen LogP contribution >= 0.6 is 0 Å². The van der Waals surface area contributed by atoms with E-state index in [1.807, 2.05) is 186 Å². The van der Waals surface area contributed by atoms with Gasteiger partial charge in [0.25, 0.3) is 0 Å². The van der Waals surface area contributed by atoms with Gasteiger partial charge in [-0.3, -0.25) is 0 Å². The van der Waals surface area contributed by atoms with Crippen molar-refractivity contribution in [1.82, 2.24) is 0 Å². The van der Waals surface area contributed by atoms with Gasteiger partial charge < -0.3 is 25.2 Å². The van der Waals surface area contributed by atoms with Crippen LogP contribution in [0.5, 0.6) is 5.75 Å². The summed E-state index contributed by atoms with van der Waals surface area (Å²) in [6.45, 7) is 13.4. The predicted octanol–water partition coefficient (Wildman–Crippen LogP) is 32.5. The smallest absolute Gasteiger partial charge is 0.130 e. The van der Waals surface area contributed by atoms with Crippen LogP contribution in [0.4, 0.5) is 48.3 Å². The molecule has 0 aliphatic carbocycles. The van der Waals surface area contributed by atoms with Gasteiger partial charge in [0.1, 0.15) is 69.7 Å². The molecule has 0 amide bonds. The first kappa shape index (κ1) is 108. The number of ether oxygens (including phenoxy) is 1. The Morgan fingerprint density at radius 1 is 0.200 bits per heavy atom. The van der Waals surface area contributed by atoms with Gasteiger partial charge in [0.2, 0.25) is 0 Å². The molecular formula is C124H109F11O5. The molecule has 4 N–H and O–H groups in total. The van der Waals surface area contributed by atoms with E-state index in [9.17, 15) is 63.6 Å². The molecule has 712 valence electrons.